The molecule has 0 aromatic carbocycles. The molecule has 5 atom stereocenters. The van der Waals surface area contributed by atoms with Gasteiger partial charge >= 0.3 is 17.9 Å². The average Bonchev–Trinajstić information content (AvgIpc) is 2.63. The first-order valence-corrected chi connectivity index (χ1v) is 12.2. The average molecular weight is 561 g/mol. The molecule has 1 heterocycles. The fraction of sp³-hybridized carbons (Fsp3) is 0.826. The van der Waals surface area contributed by atoms with E-state index in [1.54, 1.807) is 69.2 Å². The van der Waals surface area contributed by atoms with E-state index in [0.29, 0.717) is 0 Å². The Hall–Kier alpha value is -1.29. The molecule has 1 unspecified atom stereocenters. The third kappa shape index (κ3) is 8.95. The summed E-state index contributed by atoms with van der Waals surface area (Å²) in [6.45, 7) is 16.3. The number of esters is 3. The predicted molar refractivity (Wildman–Crippen MR) is 131 cm³/mol. The van der Waals surface area contributed by atoms with Crippen molar-refractivity contribution in [2.24, 2.45) is 16.2 Å². The van der Waals surface area contributed by atoms with Crippen LogP contribution in [0.25, 0.3) is 0 Å². The van der Waals surface area contributed by atoms with E-state index in [-0.39, 0.29) is 0 Å². The Labute approximate surface area is 221 Å². The summed E-state index contributed by atoms with van der Waals surface area (Å²) in [6, 6.07) is 0. The molecule has 0 amide bonds. The van der Waals surface area contributed by atoms with Crippen LogP contribution in [0.3, 0.4) is 0 Å². The lowest BCUT2D eigenvalue weighted by molar-refractivity contribution is -0.289. The smallest absolute Gasteiger partial charge is 0.311 e. The zero-order valence-corrected chi connectivity index (χ0v) is 24.1. The molecule has 0 aromatic rings. The molecule has 35 heavy (non-hydrogen) atoms. The molecule has 9 nitrogen and oxygen atoms in total. The Bertz CT molecular complexity index is 821. The van der Waals surface area contributed by atoms with Gasteiger partial charge in [0.05, 0.1) is 22.3 Å². The van der Waals surface area contributed by atoms with Crippen molar-refractivity contribution in [3.63, 3.8) is 0 Å². The molecule has 0 saturated carbocycles. The van der Waals surface area contributed by atoms with Gasteiger partial charge in [0.2, 0.25) is 18.3 Å². The van der Waals surface area contributed by atoms with E-state index in [1.807, 2.05) is 0 Å². The molecule has 0 radical (unpaired) electrons. The summed E-state index contributed by atoms with van der Waals surface area (Å²) in [4.78, 5) is 38.5. The van der Waals surface area contributed by atoms with Crippen LogP contribution in [0, 0.1) is 21.7 Å². The van der Waals surface area contributed by atoms with Gasteiger partial charge in [0.15, 0.2) is 12.2 Å². The van der Waals surface area contributed by atoms with Crippen LogP contribution in [0.15, 0.2) is 0 Å². The van der Waals surface area contributed by atoms with Crippen molar-refractivity contribution in [3.8, 4) is 0 Å². The van der Waals surface area contributed by atoms with E-state index in [2.05, 4.69) is 0 Å². The fourth-order valence-corrected chi connectivity index (χ4v) is 2.71. The van der Waals surface area contributed by atoms with Gasteiger partial charge in [-0.15, -0.1) is 0 Å². The van der Waals surface area contributed by atoms with Crippen molar-refractivity contribution < 1.29 is 38.1 Å². The zero-order chi connectivity index (χ0) is 27.7. The van der Waals surface area contributed by atoms with Crippen LogP contribution >= 0.6 is 34.8 Å². The van der Waals surface area contributed by atoms with Gasteiger partial charge in [0.25, 0.3) is 3.79 Å². The lowest BCUT2D eigenvalue weighted by Crippen LogP contribution is -2.63. The van der Waals surface area contributed by atoms with Gasteiger partial charge in [-0.05, 0) is 69.2 Å². The molecular formula is C23H36Cl3NO8. The zero-order valence-electron chi connectivity index (χ0n) is 21.8. The van der Waals surface area contributed by atoms with E-state index in [4.69, 9.17) is 63.9 Å². The van der Waals surface area contributed by atoms with Gasteiger partial charge in [0.1, 0.15) is 0 Å². The monoisotopic (exact) mass is 559 g/mol. The number of halogens is 3. The van der Waals surface area contributed by atoms with Crippen molar-refractivity contribution in [2.45, 2.75) is 104 Å². The van der Waals surface area contributed by atoms with Crippen LogP contribution in [0.2, 0.25) is 0 Å². The molecular weight excluding hydrogens is 525 g/mol. The van der Waals surface area contributed by atoms with Crippen molar-refractivity contribution in [1.29, 1.82) is 5.41 Å². The lowest BCUT2D eigenvalue weighted by atomic mass is 9.93. The fourth-order valence-electron chi connectivity index (χ4n) is 2.57. The summed E-state index contributed by atoms with van der Waals surface area (Å²) in [5, 5.41) is 7.96. The molecule has 1 saturated heterocycles. The van der Waals surface area contributed by atoms with Crippen LogP contribution in [-0.4, -0.2) is 58.3 Å². The van der Waals surface area contributed by atoms with Crippen molar-refractivity contribution >= 4 is 58.6 Å². The SMILES string of the molecule is C[C@H]1OC(OC(=N)C(Cl)(Cl)Cl)[C@@H](OC(=O)C(C)(C)C)[C@@H](OC(=O)C(C)(C)C)[C@@H]1OC(=O)C(C)(C)C. The maximum absolute atomic E-state index is 12.9. The van der Waals surface area contributed by atoms with E-state index in [9.17, 15) is 14.4 Å². The van der Waals surface area contributed by atoms with Crippen LogP contribution in [-0.2, 0) is 38.1 Å². The highest BCUT2D eigenvalue weighted by Gasteiger charge is 2.54. The molecule has 0 aliphatic carbocycles. The van der Waals surface area contributed by atoms with Crippen LogP contribution in [0.1, 0.15) is 69.2 Å². The number of carbonyl (C=O) groups is 3. The molecule has 1 fully saturated rings. The van der Waals surface area contributed by atoms with Gasteiger partial charge in [-0.1, -0.05) is 34.8 Å². The van der Waals surface area contributed by atoms with Gasteiger partial charge in [-0.3, -0.25) is 19.8 Å². The molecule has 1 aliphatic heterocycles. The van der Waals surface area contributed by atoms with Crippen molar-refractivity contribution in [1.82, 2.24) is 0 Å². The number of alkyl halides is 3. The minimum absolute atomic E-state index is 0.593. The van der Waals surface area contributed by atoms with Crippen LogP contribution < -0.4 is 0 Å². The van der Waals surface area contributed by atoms with Gasteiger partial charge in [-0.25, -0.2) is 0 Å². The van der Waals surface area contributed by atoms with E-state index in [1.165, 1.54) is 0 Å². The predicted octanol–water partition coefficient (Wildman–Crippen LogP) is 4.97. The topological polar surface area (TPSA) is 121 Å². The summed E-state index contributed by atoms with van der Waals surface area (Å²) in [6.07, 6.45) is -6.42. The van der Waals surface area contributed by atoms with Crippen LogP contribution in [0.4, 0.5) is 0 Å². The third-order valence-electron chi connectivity index (χ3n) is 4.79. The molecule has 1 rings (SSSR count). The largest absolute Gasteiger partial charge is 0.455 e. The molecule has 0 spiro atoms. The number of carbonyl (C=O) groups excluding carboxylic acids is 3. The highest BCUT2D eigenvalue weighted by Crippen LogP contribution is 2.36. The standard InChI is InChI=1S/C23H36Cl3NO8/c1-11-12(32-17(28)20(2,3)4)13(33-18(29)21(5,6)7)14(34-19(30)22(8,9)10)15(31-11)35-16(27)23(24,25)26/h11-15,27H,1-10H3/t11-,12-,13+,14+,15?/m1/s1. The first-order valence-electron chi connectivity index (χ1n) is 11.1. The van der Waals surface area contributed by atoms with E-state index >= 15 is 0 Å². The Morgan fingerprint density at radius 2 is 1.00 bits per heavy atom. The summed E-state index contributed by atoms with van der Waals surface area (Å²) in [5.74, 6) is -2.74. The van der Waals surface area contributed by atoms with Gasteiger partial charge < -0.3 is 23.7 Å². The minimum Gasteiger partial charge on any atom is -0.455 e. The Morgan fingerprint density at radius 1 is 0.657 bits per heavy atom. The quantitative estimate of drug-likeness (QED) is 0.168. The molecule has 0 bridgehead atoms. The minimum atomic E-state index is -2.24. The molecule has 12 heteroatoms. The number of hydrogen-bond donors (Lipinski definition) is 1. The normalized spacial score (nSPS) is 25.9. The second kappa shape index (κ2) is 11.0. The first-order chi connectivity index (χ1) is 15.5. The maximum atomic E-state index is 12.9. The molecule has 202 valence electrons. The maximum Gasteiger partial charge on any atom is 0.311 e. The number of hydrogen-bond acceptors (Lipinski definition) is 9. The summed E-state index contributed by atoms with van der Waals surface area (Å²) < 4.78 is 26.1. The molecule has 1 aliphatic rings. The second-order valence-electron chi connectivity index (χ2n) is 11.5. The Kier molecular flexibility index (Phi) is 9.96. The van der Waals surface area contributed by atoms with Gasteiger partial charge in [-0.2, -0.15) is 0 Å². The Balaban J connectivity index is 3.56. The van der Waals surface area contributed by atoms with E-state index in [0.717, 1.165) is 0 Å². The Morgan fingerprint density at radius 3 is 1.34 bits per heavy atom. The van der Waals surface area contributed by atoms with Crippen molar-refractivity contribution in [3.05, 3.63) is 0 Å². The van der Waals surface area contributed by atoms with Crippen molar-refractivity contribution in [2.75, 3.05) is 0 Å². The number of ether oxygens (including phenoxy) is 5. The first kappa shape index (κ1) is 31.7. The van der Waals surface area contributed by atoms with Gasteiger partial charge in [0, 0.05) is 0 Å². The van der Waals surface area contributed by atoms with E-state index < -0.39 is 74.5 Å². The van der Waals surface area contributed by atoms with Crippen LogP contribution in [0.5, 0.6) is 0 Å². The number of rotatable bonds is 4. The lowest BCUT2D eigenvalue weighted by Gasteiger charge is -2.45. The summed E-state index contributed by atoms with van der Waals surface area (Å²) >= 11 is 17.3. The second-order valence-corrected chi connectivity index (χ2v) is 13.8. The molecule has 1 N–H and O–H groups in total. The summed E-state index contributed by atoms with van der Waals surface area (Å²) in [7, 11) is 0. The highest BCUT2D eigenvalue weighted by atomic mass is 35.6. The molecule has 0 aromatic heterocycles. The number of nitrogens with one attached hydrogen (secondary N) is 1. The summed E-state index contributed by atoms with van der Waals surface area (Å²) in [5.41, 5.74) is -2.80. The third-order valence-corrected chi connectivity index (χ3v) is 5.30. The highest BCUT2D eigenvalue weighted by molar-refractivity contribution is 6.76.